The number of ether oxygens (including phenoxy) is 1. The van der Waals surface area contributed by atoms with Gasteiger partial charge >= 0.3 is 0 Å². The van der Waals surface area contributed by atoms with Crippen LogP contribution in [0.5, 0.6) is 0 Å². The second-order valence-corrected chi connectivity index (χ2v) is 6.71. The van der Waals surface area contributed by atoms with Crippen LogP contribution < -0.4 is 10.9 Å². The van der Waals surface area contributed by atoms with Crippen molar-refractivity contribution in [1.29, 1.82) is 0 Å². The third-order valence-electron chi connectivity index (χ3n) is 4.86. The zero-order valence-electron chi connectivity index (χ0n) is 15.1. The van der Waals surface area contributed by atoms with Crippen molar-refractivity contribution in [3.63, 3.8) is 0 Å². The molecule has 1 amide bonds. The van der Waals surface area contributed by atoms with Gasteiger partial charge in [0.15, 0.2) is 0 Å². The van der Waals surface area contributed by atoms with Gasteiger partial charge < -0.3 is 15.0 Å². The van der Waals surface area contributed by atoms with Crippen molar-refractivity contribution in [2.45, 2.75) is 31.7 Å². The number of anilines is 1. The molecule has 0 unspecified atom stereocenters. The minimum absolute atomic E-state index is 0.172. The Morgan fingerprint density at radius 1 is 1.33 bits per heavy atom. The number of imidazole rings is 1. The molecule has 0 bridgehead atoms. The van der Waals surface area contributed by atoms with E-state index in [0.29, 0.717) is 24.8 Å². The number of hydrogen-bond acceptors (Lipinski definition) is 5. The van der Waals surface area contributed by atoms with Gasteiger partial charge in [0.1, 0.15) is 11.5 Å². The van der Waals surface area contributed by atoms with E-state index in [0.717, 1.165) is 16.9 Å². The average molecular weight is 367 g/mol. The number of methoxy groups -OCH3 is 1. The molecule has 27 heavy (non-hydrogen) atoms. The van der Waals surface area contributed by atoms with E-state index in [9.17, 15) is 9.59 Å². The lowest BCUT2D eigenvalue weighted by atomic mass is 9.85. The van der Waals surface area contributed by atoms with Gasteiger partial charge in [0.05, 0.1) is 24.2 Å². The first-order valence-electron chi connectivity index (χ1n) is 9.02. The van der Waals surface area contributed by atoms with Gasteiger partial charge in [-0.25, -0.2) is 9.67 Å². The molecule has 0 atom stereocenters. The van der Waals surface area contributed by atoms with Crippen LogP contribution in [0.3, 0.4) is 0 Å². The van der Waals surface area contributed by atoms with Crippen LogP contribution in [0.2, 0.25) is 0 Å². The Labute approximate surface area is 155 Å². The molecule has 8 nitrogen and oxygen atoms in total. The van der Waals surface area contributed by atoms with Crippen LogP contribution in [0, 0.1) is 0 Å². The first kappa shape index (κ1) is 17.4. The highest BCUT2D eigenvalue weighted by Gasteiger charge is 2.22. The summed E-state index contributed by atoms with van der Waals surface area (Å²) in [5.41, 5.74) is 2.33. The van der Waals surface area contributed by atoms with E-state index in [4.69, 9.17) is 4.74 Å². The molecule has 1 aliphatic rings. The molecule has 1 aliphatic carbocycles. The number of H-pyrrole nitrogens is 1. The number of aromatic amines is 1. The van der Waals surface area contributed by atoms with Gasteiger partial charge in [-0.15, -0.1) is 0 Å². The quantitative estimate of drug-likeness (QED) is 0.696. The van der Waals surface area contributed by atoms with Gasteiger partial charge in [-0.2, -0.15) is 5.10 Å². The standard InChI is InChI=1S/C19H21N5O3/c1-27-10-9-24-17(25)8-7-15(23-24)19(26)20-13-5-6-14-16(11-13)22-18(21-14)12-3-2-4-12/h5-8,11-12H,2-4,9-10H2,1H3,(H,20,26)(H,21,22). The van der Waals surface area contributed by atoms with Crippen LogP contribution in [0.4, 0.5) is 5.69 Å². The maximum Gasteiger partial charge on any atom is 0.276 e. The molecule has 1 saturated carbocycles. The lowest BCUT2D eigenvalue weighted by Crippen LogP contribution is -2.27. The molecule has 2 heterocycles. The number of aromatic nitrogens is 4. The topological polar surface area (TPSA) is 102 Å². The zero-order chi connectivity index (χ0) is 18.8. The summed E-state index contributed by atoms with van der Waals surface area (Å²) in [4.78, 5) is 32.3. The molecule has 1 fully saturated rings. The van der Waals surface area contributed by atoms with E-state index in [-0.39, 0.29) is 17.2 Å². The van der Waals surface area contributed by atoms with E-state index in [1.165, 1.54) is 36.1 Å². The summed E-state index contributed by atoms with van der Waals surface area (Å²) in [5.74, 6) is 1.17. The summed E-state index contributed by atoms with van der Waals surface area (Å²) >= 11 is 0. The predicted molar refractivity (Wildman–Crippen MR) is 101 cm³/mol. The van der Waals surface area contributed by atoms with Gasteiger partial charge in [0.2, 0.25) is 0 Å². The lowest BCUT2D eigenvalue weighted by Gasteiger charge is -2.22. The number of nitrogens with zero attached hydrogens (tertiary/aromatic N) is 3. The average Bonchev–Trinajstić information content (AvgIpc) is 3.01. The highest BCUT2D eigenvalue weighted by molar-refractivity contribution is 6.03. The Morgan fingerprint density at radius 2 is 2.19 bits per heavy atom. The normalized spacial score (nSPS) is 14.3. The largest absolute Gasteiger partial charge is 0.383 e. The van der Waals surface area contributed by atoms with E-state index in [1.807, 2.05) is 18.2 Å². The summed E-state index contributed by atoms with van der Waals surface area (Å²) in [5, 5.41) is 6.93. The molecule has 2 N–H and O–H groups in total. The maximum atomic E-state index is 12.5. The van der Waals surface area contributed by atoms with Crippen LogP contribution >= 0.6 is 0 Å². The number of carbonyl (C=O) groups excluding carboxylic acids is 1. The van der Waals surface area contributed by atoms with Crippen LogP contribution in [0.15, 0.2) is 35.1 Å². The first-order chi connectivity index (χ1) is 13.1. The minimum Gasteiger partial charge on any atom is -0.383 e. The van der Waals surface area contributed by atoms with Gasteiger partial charge in [0.25, 0.3) is 11.5 Å². The molecule has 2 aromatic heterocycles. The van der Waals surface area contributed by atoms with Crippen molar-refractivity contribution in [2.75, 3.05) is 19.0 Å². The smallest absolute Gasteiger partial charge is 0.276 e. The Balaban J connectivity index is 1.52. The monoisotopic (exact) mass is 367 g/mol. The summed E-state index contributed by atoms with van der Waals surface area (Å²) in [6.07, 6.45) is 3.60. The molecular formula is C19H21N5O3. The summed E-state index contributed by atoms with van der Waals surface area (Å²) in [7, 11) is 1.55. The molecule has 1 aromatic carbocycles. The van der Waals surface area contributed by atoms with Gasteiger partial charge in [0, 0.05) is 24.8 Å². The molecule has 0 radical (unpaired) electrons. The molecule has 3 aromatic rings. The summed E-state index contributed by atoms with van der Waals surface area (Å²) in [6, 6.07) is 8.32. The molecule has 4 rings (SSSR count). The van der Waals surface area contributed by atoms with Crippen molar-refractivity contribution in [1.82, 2.24) is 19.7 Å². The fraction of sp³-hybridized carbons (Fsp3) is 0.368. The van der Waals surface area contributed by atoms with Gasteiger partial charge in [-0.05, 0) is 37.1 Å². The Kier molecular flexibility index (Phi) is 4.72. The number of carbonyl (C=O) groups is 1. The van der Waals surface area contributed by atoms with Crippen LogP contribution in [-0.4, -0.2) is 39.4 Å². The molecule has 0 aliphatic heterocycles. The number of nitrogens with one attached hydrogen (secondary N) is 2. The number of rotatable bonds is 6. The predicted octanol–water partition coefficient (Wildman–Crippen LogP) is 2.29. The molecule has 0 spiro atoms. The summed E-state index contributed by atoms with van der Waals surface area (Å²) < 4.78 is 6.18. The van der Waals surface area contributed by atoms with E-state index < -0.39 is 0 Å². The Hall–Kier alpha value is -3.00. The van der Waals surface area contributed by atoms with Crippen molar-refractivity contribution in [3.8, 4) is 0 Å². The number of hydrogen-bond donors (Lipinski definition) is 2. The summed E-state index contributed by atoms with van der Waals surface area (Å²) in [6.45, 7) is 0.637. The second-order valence-electron chi connectivity index (χ2n) is 6.71. The molecular weight excluding hydrogens is 346 g/mol. The van der Waals surface area contributed by atoms with E-state index in [1.54, 1.807) is 7.11 Å². The molecule has 140 valence electrons. The van der Waals surface area contributed by atoms with Gasteiger partial charge in [-0.1, -0.05) is 6.42 Å². The van der Waals surface area contributed by atoms with Crippen molar-refractivity contribution in [2.24, 2.45) is 0 Å². The zero-order valence-corrected chi connectivity index (χ0v) is 15.1. The fourth-order valence-electron chi connectivity index (χ4n) is 3.09. The highest BCUT2D eigenvalue weighted by atomic mass is 16.5. The minimum atomic E-state index is -0.376. The van der Waals surface area contributed by atoms with Crippen LogP contribution in [-0.2, 0) is 11.3 Å². The Bertz CT molecular complexity index is 1040. The first-order valence-corrected chi connectivity index (χ1v) is 9.02. The lowest BCUT2D eigenvalue weighted by molar-refractivity contribution is 0.101. The van der Waals surface area contributed by atoms with Crippen LogP contribution in [0.25, 0.3) is 11.0 Å². The third-order valence-corrected chi connectivity index (χ3v) is 4.86. The maximum absolute atomic E-state index is 12.5. The van der Waals surface area contributed by atoms with Gasteiger partial charge in [-0.3, -0.25) is 9.59 Å². The molecule has 8 heteroatoms. The number of fused-ring (bicyclic) bond motifs is 1. The van der Waals surface area contributed by atoms with Crippen molar-refractivity contribution in [3.05, 3.63) is 52.2 Å². The van der Waals surface area contributed by atoms with Crippen LogP contribution in [0.1, 0.15) is 41.5 Å². The third kappa shape index (κ3) is 3.61. The van der Waals surface area contributed by atoms with E-state index >= 15 is 0 Å². The fourth-order valence-corrected chi connectivity index (χ4v) is 3.09. The number of benzene rings is 1. The molecule has 0 saturated heterocycles. The Morgan fingerprint density at radius 3 is 2.93 bits per heavy atom. The second kappa shape index (κ2) is 7.32. The SMILES string of the molecule is COCCn1nc(C(=O)Nc2ccc3nc(C4CCC4)[nH]c3c2)ccc1=O. The van der Waals surface area contributed by atoms with E-state index in [2.05, 4.69) is 20.4 Å². The highest BCUT2D eigenvalue weighted by Crippen LogP contribution is 2.35. The van der Waals surface area contributed by atoms with Crippen molar-refractivity contribution < 1.29 is 9.53 Å². The van der Waals surface area contributed by atoms with Crippen molar-refractivity contribution >= 4 is 22.6 Å². The number of amides is 1.